The fraction of sp³-hybridized carbons (Fsp3) is 0.125. The third-order valence-corrected chi connectivity index (χ3v) is 3.01. The SMILES string of the molecule is COc1ccc(C(=[OH+])C(C)=C2C=CC(=O)C=C2)cc1. The second-order valence-electron chi connectivity index (χ2n) is 4.23. The Labute approximate surface area is 111 Å². The van der Waals surface area contributed by atoms with Crippen molar-refractivity contribution in [2.45, 2.75) is 6.92 Å². The molecule has 1 aliphatic carbocycles. The quantitative estimate of drug-likeness (QED) is 0.473. The number of ketones is 2. The number of hydrogen-bond acceptors (Lipinski definition) is 2. The summed E-state index contributed by atoms with van der Waals surface area (Å²) in [5.74, 6) is 0.895. The van der Waals surface area contributed by atoms with Crippen LogP contribution < -0.4 is 4.74 Å². The lowest BCUT2D eigenvalue weighted by molar-refractivity contribution is -0.110. The molecule has 1 aromatic rings. The minimum atomic E-state index is -0.0412. The number of methoxy groups -OCH3 is 1. The van der Waals surface area contributed by atoms with Crippen LogP contribution in [0.5, 0.6) is 5.75 Å². The van der Waals surface area contributed by atoms with E-state index in [-0.39, 0.29) is 11.6 Å². The zero-order chi connectivity index (χ0) is 13.8. The van der Waals surface area contributed by atoms with Crippen LogP contribution in [0.1, 0.15) is 12.5 Å². The molecule has 3 heteroatoms. The first kappa shape index (κ1) is 13.0. The normalized spacial score (nSPS) is 13.6. The summed E-state index contributed by atoms with van der Waals surface area (Å²) < 4.78 is 5.07. The lowest BCUT2D eigenvalue weighted by Gasteiger charge is -2.04. The summed E-state index contributed by atoms with van der Waals surface area (Å²) in [5.41, 5.74) is 2.27. The zero-order valence-electron chi connectivity index (χ0n) is 10.9. The van der Waals surface area contributed by atoms with Gasteiger partial charge in [-0.05, 0) is 48.9 Å². The van der Waals surface area contributed by atoms with Crippen molar-refractivity contribution in [3.8, 4) is 5.75 Å². The Morgan fingerprint density at radius 2 is 1.63 bits per heavy atom. The molecule has 1 aromatic carbocycles. The van der Waals surface area contributed by atoms with Crippen LogP contribution in [0.25, 0.3) is 0 Å². The predicted molar refractivity (Wildman–Crippen MR) is 75.0 cm³/mol. The molecule has 0 saturated heterocycles. The topological polar surface area (TPSA) is 47.7 Å². The molecule has 0 atom stereocenters. The van der Waals surface area contributed by atoms with Gasteiger partial charge in [0.2, 0.25) is 0 Å². The van der Waals surface area contributed by atoms with Gasteiger partial charge in [0.15, 0.2) is 5.78 Å². The highest BCUT2D eigenvalue weighted by atomic mass is 16.5. The molecule has 0 heterocycles. The maximum Gasteiger partial charge on any atom is 0.350 e. The molecule has 0 amide bonds. The van der Waals surface area contributed by atoms with Gasteiger partial charge in [-0.1, -0.05) is 12.2 Å². The van der Waals surface area contributed by atoms with Crippen LogP contribution >= 0.6 is 0 Å². The number of allylic oxidation sites excluding steroid dienone is 6. The average molecular weight is 255 g/mol. The smallest absolute Gasteiger partial charge is 0.350 e. The van der Waals surface area contributed by atoms with E-state index in [0.717, 1.165) is 16.9 Å². The summed E-state index contributed by atoms with van der Waals surface area (Å²) in [7, 11) is 1.60. The summed E-state index contributed by atoms with van der Waals surface area (Å²) in [6.07, 6.45) is 6.38. The largest absolute Gasteiger partial charge is 0.497 e. The van der Waals surface area contributed by atoms with E-state index in [1.807, 2.05) is 6.92 Å². The molecule has 0 aliphatic heterocycles. The van der Waals surface area contributed by atoms with E-state index in [9.17, 15) is 9.59 Å². The van der Waals surface area contributed by atoms with E-state index >= 15 is 0 Å². The lowest BCUT2D eigenvalue weighted by atomic mass is 9.97. The second-order valence-corrected chi connectivity index (χ2v) is 4.23. The number of hydrogen-bond donors (Lipinski definition) is 0. The molecule has 0 unspecified atom stereocenters. The lowest BCUT2D eigenvalue weighted by Crippen LogP contribution is -2.06. The Bertz CT molecular complexity index is 583. The van der Waals surface area contributed by atoms with E-state index in [1.165, 1.54) is 12.2 Å². The first-order valence-corrected chi connectivity index (χ1v) is 5.93. The minimum absolute atomic E-state index is 0.0412. The van der Waals surface area contributed by atoms with Gasteiger partial charge in [0, 0.05) is 0 Å². The van der Waals surface area contributed by atoms with E-state index in [2.05, 4.69) is 0 Å². The van der Waals surface area contributed by atoms with Crippen LogP contribution in [-0.2, 0) is 4.79 Å². The molecule has 0 bridgehead atoms. The predicted octanol–water partition coefficient (Wildman–Crippen LogP) is 2.60. The van der Waals surface area contributed by atoms with Crippen molar-refractivity contribution >= 4 is 11.6 Å². The van der Waals surface area contributed by atoms with Crippen molar-refractivity contribution < 1.29 is 14.3 Å². The van der Waals surface area contributed by atoms with Gasteiger partial charge in [-0.15, -0.1) is 0 Å². The molecular weight excluding hydrogens is 240 g/mol. The van der Waals surface area contributed by atoms with E-state index in [4.69, 9.17) is 4.74 Å². The van der Waals surface area contributed by atoms with Gasteiger partial charge in [0.1, 0.15) is 5.75 Å². The van der Waals surface area contributed by atoms with E-state index in [0.29, 0.717) is 5.56 Å². The van der Waals surface area contributed by atoms with Gasteiger partial charge in [0.05, 0.1) is 18.2 Å². The Balaban J connectivity index is 2.28. The standard InChI is InChI=1S/C16H14O3/c1-11(12-3-7-14(17)8-4-12)16(18)13-5-9-15(19-2)10-6-13/h3-10H,1-2H3/p+1. The molecule has 96 valence electrons. The molecule has 0 aromatic heterocycles. The van der Waals surface area contributed by atoms with Crippen molar-refractivity contribution in [1.82, 2.24) is 0 Å². The van der Waals surface area contributed by atoms with Gasteiger partial charge in [-0.2, -0.15) is 0 Å². The van der Waals surface area contributed by atoms with Gasteiger partial charge >= 0.3 is 5.78 Å². The average Bonchev–Trinajstić information content (AvgIpc) is 2.46. The van der Waals surface area contributed by atoms with Gasteiger partial charge in [0.25, 0.3) is 0 Å². The van der Waals surface area contributed by atoms with Crippen LogP contribution in [0.2, 0.25) is 0 Å². The molecule has 0 spiro atoms. The van der Waals surface area contributed by atoms with Crippen molar-refractivity contribution in [1.29, 1.82) is 0 Å². The second kappa shape index (κ2) is 5.48. The molecule has 0 saturated carbocycles. The highest BCUT2D eigenvalue weighted by Crippen LogP contribution is 2.18. The highest BCUT2D eigenvalue weighted by molar-refractivity contribution is 6.11. The Morgan fingerprint density at radius 1 is 1.05 bits per heavy atom. The fourth-order valence-corrected chi connectivity index (χ4v) is 1.81. The van der Waals surface area contributed by atoms with Crippen LogP contribution in [0.3, 0.4) is 0 Å². The van der Waals surface area contributed by atoms with E-state index < -0.39 is 0 Å². The van der Waals surface area contributed by atoms with Crippen molar-refractivity contribution in [2.24, 2.45) is 0 Å². The maximum absolute atomic E-state index is 11.1. The number of benzene rings is 1. The summed E-state index contributed by atoms with van der Waals surface area (Å²) >= 11 is 0. The first-order valence-electron chi connectivity index (χ1n) is 5.93. The monoisotopic (exact) mass is 255 g/mol. The minimum Gasteiger partial charge on any atom is -0.497 e. The Kier molecular flexibility index (Phi) is 3.76. The highest BCUT2D eigenvalue weighted by Gasteiger charge is 2.18. The molecule has 2 rings (SSSR count). The zero-order valence-corrected chi connectivity index (χ0v) is 10.9. The van der Waals surface area contributed by atoms with Crippen LogP contribution in [0, 0.1) is 0 Å². The molecule has 1 N–H and O–H groups in total. The third-order valence-electron chi connectivity index (χ3n) is 3.01. The molecule has 19 heavy (non-hydrogen) atoms. The first-order chi connectivity index (χ1) is 9.11. The van der Waals surface area contributed by atoms with Crippen molar-refractivity contribution in [2.75, 3.05) is 7.11 Å². The van der Waals surface area contributed by atoms with Crippen molar-refractivity contribution in [3.63, 3.8) is 0 Å². The Hall–Kier alpha value is -2.42. The molecule has 0 fully saturated rings. The molecule has 1 aliphatic rings. The van der Waals surface area contributed by atoms with Gasteiger partial charge in [-0.25, -0.2) is 0 Å². The molecule has 0 radical (unpaired) electrons. The third kappa shape index (κ3) is 2.88. The van der Waals surface area contributed by atoms with Crippen molar-refractivity contribution in [3.05, 3.63) is 65.3 Å². The number of rotatable bonds is 3. The van der Waals surface area contributed by atoms with Crippen LogP contribution in [0.15, 0.2) is 59.7 Å². The summed E-state index contributed by atoms with van der Waals surface area (Å²) in [4.78, 5) is 21.3. The maximum atomic E-state index is 11.1. The van der Waals surface area contributed by atoms with Crippen LogP contribution in [-0.4, -0.2) is 23.5 Å². The van der Waals surface area contributed by atoms with Crippen LogP contribution in [0.4, 0.5) is 0 Å². The summed E-state index contributed by atoms with van der Waals surface area (Å²) in [5, 5.41) is 0. The summed E-state index contributed by atoms with van der Waals surface area (Å²) in [6, 6.07) is 7.17. The van der Waals surface area contributed by atoms with E-state index in [1.54, 1.807) is 43.5 Å². The van der Waals surface area contributed by atoms with Gasteiger partial charge < -0.3 is 4.74 Å². The number of ether oxygens (including phenoxy) is 1. The molecular formula is C16H15O3+. The summed E-state index contributed by atoms with van der Waals surface area (Å²) in [6.45, 7) is 1.82. The Morgan fingerprint density at radius 3 is 2.16 bits per heavy atom. The number of carbonyl (C=O) groups is 1. The van der Waals surface area contributed by atoms with Gasteiger partial charge in [-0.3, -0.25) is 9.59 Å². The fourth-order valence-electron chi connectivity index (χ4n) is 1.81. The number of carbonyl (C=O) groups excluding carboxylic acids is 2. The molecule has 3 nitrogen and oxygen atoms in total.